The van der Waals surface area contributed by atoms with Crippen LogP contribution in [0, 0.1) is 0 Å². The summed E-state index contributed by atoms with van der Waals surface area (Å²) < 4.78 is 0. The van der Waals surface area contributed by atoms with Gasteiger partial charge in [0.15, 0.2) is 0 Å². The lowest BCUT2D eigenvalue weighted by Gasteiger charge is -2.22. The summed E-state index contributed by atoms with van der Waals surface area (Å²) in [6, 6.07) is -0.538. The van der Waals surface area contributed by atoms with Gasteiger partial charge < -0.3 is 15.5 Å². The molecule has 0 aliphatic rings. The van der Waals surface area contributed by atoms with Crippen LogP contribution in [-0.2, 0) is 4.79 Å². The molecule has 0 aromatic carbocycles. The monoisotopic (exact) mass is 868 g/mol. The molecule has 0 aromatic rings. The Morgan fingerprint density at radius 3 is 1.06 bits per heavy atom. The third-order valence-electron chi connectivity index (χ3n) is 12.9. The number of amides is 1. The highest BCUT2D eigenvalue weighted by Crippen LogP contribution is 2.18. The van der Waals surface area contributed by atoms with Crippen LogP contribution in [0.25, 0.3) is 0 Å². The first kappa shape index (κ1) is 60.4. The van der Waals surface area contributed by atoms with Gasteiger partial charge in [-0.2, -0.15) is 0 Å². The summed E-state index contributed by atoms with van der Waals surface area (Å²) in [5.41, 5.74) is 0. The van der Waals surface area contributed by atoms with Crippen molar-refractivity contribution in [3.63, 3.8) is 0 Å². The second-order valence-electron chi connectivity index (χ2n) is 19.0. The molecule has 3 N–H and O–H groups in total. The maximum atomic E-state index is 12.5. The minimum atomic E-state index is -0.661. The highest BCUT2D eigenvalue weighted by Gasteiger charge is 2.20. The highest BCUT2D eigenvalue weighted by molar-refractivity contribution is 5.76. The number of hydrogen-bond acceptors (Lipinski definition) is 3. The van der Waals surface area contributed by atoms with E-state index < -0.39 is 12.1 Å². The number of nitrogens with one attached hydrogen (secondary N) is 1. The van der Waals surface area contributed by atoms with Crippen LogP contribution in [0.5, 0.6) is 0 Å². The summed E-state index contributed by atoms with van der Waals surface area (Å²) >= 11 is 0. The summed E-state index contributed by atoms with van der Waals surface area (Å²) in [5.74, 6) is -0.0294. The molecule has 0 radical (unpaired) electrons. The van der Waals surface area contributed by atoms with Crippen LogP contribution >= 0.6 is 0 Å². The minimum absolute atomic E-state index is 0.0294. The van der Waals surface area contributed by atoms with Gasteiger partial charge in [-0.3, -0.25) is 4.79 Å². The lowest BCUT2D eigenvalue weighted by molar-refractivity contribution is -0.123. The molecular formula is C58H109NO3. The second-order valence-corrected chi connectivity index (χ2v) is 19.0. The first-order valence-electron chi connectivity index (χ1n) is 27.8. The van der Waals surface area contributed by atoms with Crippen molar-refractivity contribution in [1.82, 2.24) is 5.32 Å². The quantitative estimate of drug-likeness (QED) is 0.0421. The zero-order valence-corrected chi connectivity index (χ0v) is 41.9. The fourth-order valence-electron chi connectivity index (χ4n) is 8.65. The normalized spacial score (nSPS) is 13.2. The summed E-state index contributed by atoms with van der Waals surface area (Å²) in [4.78, 5) is 12.5. The van der Waals surface area contributed by atoms with Crippen LogP contribution < -0.4 is 5.32 Å². The molecule has 0 spiro atoms. The number of rotatable bonds is 51. The van der Waals surface area contributed by atoms with Crippen LogP contribution in [0.4, 0.5) is 0 Å². The molecule has 2 atom stereocenters. The Morgan fingerprint density at radius 2 is 0.710 bits per heavy atom. The van der Waals surface area contributed by atoms with Crippen LogP contribution in [0.2, 0.25) is 0 Å². The van der Waals surface area contributed by atoms with Crippen LogP contribution in [0.1, 0.15) is 296 Å². The molecule has 0 aliphatic heterocycles. The van der Waals surface area contributed by atoms with Crippen molar-refractivity contribution >= 4 is 5.91 Å². The molecule has 0 bridgehead atoms. The standard InChI is InChI=1S/C58H109NO3/c1-3-5-7-9-11-13-15-17-19-21-23-25-27-28-29-30-32-34-36-38-40-42-44-46-48-50-52-54-58(62)59-56(55-60)57(61)53-51-49-47-45-43-41-39-37-35-33-31-26-24-22-20-18-16-14-12-10-8-6-4-2/h5,7,11,13,17,19,23,25,56-57,60-61H,3-4,6,8-10,12,14-16,18,20-22,24,26-55H2,1-2H3,(H,59,62)/b7-5-,13-11-,19-17-,25-23-. The van der Waals surface area contributed by atoms with Crippen molar-refractivity contribution in [2.75, 3.05) is 6.61 Å². The van der Waals surface area contributed by atoms with Crippen LogP contribution in [0.15, 0.2) is 48.6 Å². The molecule has 0 saturated carbocycles. The molecular weight excluding hydrogens is 759 g/mol. The zero-order valence-electron chi connectivity index (χ0n) is 41.9. The molecule has 1 amide bonds. The average Bonchev–Trinajstić information content (AvgIpc) is 3.28. The summed E-state index contributed by atoms with van der Waals surface area (Å²) in [6.45, 7) is 4.27. The topological polar surface area (TPSA) is 69.6 Å². The summed E-state index contributed by atoms with van der Waals surface area (Å²) in [6.07, 6.45) is 73.8. The van der Waals surface area contributed by atoms with Gasteiger partial charge in [0.2, 0.25) is 5.91 Å². The molecule has 0 fully saturated rings. The van der Waals surface area contributed by atoms with Gasteiger partial charge in [0, 0.05) is 6.42 Å². The number of carbonyl (C=O) groups excluding carboxylic acids is 1. The number of allylic oxidation sites excluding steroid dienone is 8. The summed E-state index contributed by atoms with van der Waals surface area (Å²) in [7, 11) is 0. The van der Waals surface area contributed by atoms with Crippen molar-refractivity contribution < 1.29 is 15.0 Å². The van der Waals surface area contributed by atoms with Crippen LogP contribution in [0.3, 0.4) is 0 Å². The van der Waals surface area contributed by atoms with Crippen LogP contribution in [-0.4, -0.2) is 34.9 Å². The molecule has 0 aliphatic carbocycles. The Labute approximate surface area is 388 Å². The minimum Gasteiger partial charge on any atom is -0.394 e. The van der Waals surface area contributed by atoms with Gasteiger partial charge in [0.05, 0.1) is 18.8 Å². The van der Waals surface area contributed by atoms with E-state index in [2.05, 4.69) is 67.8 Å². The van der Waals surface area contributed by atoms with E-state index in [1.54, 1.807) is 0 Å². The van der Waals surface area contributed by atoms with E-state index in [-0.39, 0.29) is 12.5 Å². The van der Waals surface area contributed by atoms with E-state index in [0.29, 0.717) is 12.8 Å². The molecule has 0 saturated heterocycles. The maximum absolute atomic E-state index is 12.5. The second kappa shape index (κ2) is 53.7. The Morgan fingerprint density at radius 1 is 0.403 bits per heavy atom. The molecule has 4 nitrogen and oxygen atoms in total. The molecule has 62 heavy (non-hydrogen) atoms. The van der Waals surface area contributed by atoms with E-state index in [0.717, 1.165) is 51.4 Å². The molecule has 0 heterocycles. The Balaban J connectivity index is 3.46. The van der Waals surface area contributed by atoms with Crippen molar-refractivity contribution in [3.05, 3.63) is 48.6 Å². The van der Waals surface area contributed by atoms with E-state index in [4.69, 9.17) is 0 Å². The predicted molar refractivity (Wildman–Crippen MR) is 276 cm³/mol. The average molecular weight is 869 g/mol. The van der Waals surface area contributed by atoms with Gasteiger partial charge in [-0.25, -0.2) is 0 Å². The lowest BCUT2D eigenvalue weighted by Crippen LogP contribution is -2.45. The molecule has 364 valence electrons. The first-order valence-corrected chi connectivity index (χ1v) is 27.8. The van der Waals surface area contributed by atoms with Gasteiger partial charge in [0.25, 0.3) is 0 Å². The predicted octanol–water partition coefficient (Wildman–Crippen LogP) is 18.3. The third kappa shape index (κ3) is 49.4. The lowest BCUT2D eigenvalue weighted by atomic mass is 10.0. The zero-order chi connectivity index (χ0) is 44.9. The van der Waals surface area contributed by atoms with E-state index in [1.165, 1.54) is 218 Å². The van der Waals surface area contributed by atoms with Crippen molar-refractivity contribution in [1.29, 1.82) is 0 Å². The number of hydrogen-bond donors (Lipinski definition) is 3. The van der Waals surface area contributed by atoms with Gasteiger partial charge in [-0.15, -0.1) is 0 Å². The van der Waals surface area contributed by atoms with Gasteiger partial charge in [0.1, 0.15) is 0 Å². The van der Waals surface area contributed by atoms with Crippen molar-refractivity contribution in [3.8, 4) is 0 Å². The number of aliphatic hydroxyl groups excluding tert-OH is 2. The molecule has 4 heteroatoms. The van der Waals surface area contributed by atoms with E-state index in [9.17, 15) is 15.0 Å². The highest BCUT2D eigenvalue weighted by atomic mass is 16.3. The van der Waals surface area contributed by atoms with E-state index >= 15 is 0 Å². The smallest absolute Gasteiger partial charge is 0.220 e. The summed E-state index contributed by atoms with van der Waals surface area (Å²) in [5, 5.41) is 23.4. The van der Waals surface area contributed by atoms with Gasteiger partial charge in [-0.1, -0.05) is 287 Å². The molecule has 0 rings (SSSR count). The Kier molecular flexibility index (Phi) is 52.3. The molecule has 0 aromatic heterocycles. The van der Waals surface area contributed by atoms with Crippen molar-refractivity contribution in [2.45, 2.75) is 309 Å². The fraction of sp³-hybridized carbons (Fsp3) is 0.845. The largest absolute Gasteiger partial charge is 0.394 e. The molecule has 2 unspecified atom stereocenters. The number of carbonyl (C=O) groups is 1. The number of unbranched alkanes of at least 4 members (excludes halogenated alkanes) is 36. The first-order chi connectivity index (χ1) is 30.7. The SMILES string of the molecule is CC/C=C\C/C=C\C/C=C\C/C=C\CCCCCCCCCCCCCCCCC(=O)NC(CO)C(O)CCCCCCCCCCCCCCCCCCCCCCCCC. The Hall–Kier alpha value is -1.65. The van der Waals surface area contributed by atoms with E-state index in [1.807, 2.05) is 0 Å². The van der Waals surface area contributed by atoms with Gasteiger partial charge in [-0.05, 0) is 51.4 Å². The third-order valence-corrected chi connectivity index (χ3v) is 12.9. The van der Waals surface area contributed by atoms with Crippen molar-refractivity contribution in [2.24, 2.45) is 0 Å². The maximum Gasteiger partial charge on any atom is 0.220 e. The van der Waals surface area contributed by atoms with Gasteiger partial charge >= 0.3 is 0 Å². The Bertz CT molecular complexity index is 985. The fourth-order valence-corrected chi connectivity index (χ4v) is 8.65. The number of aliphatic hydroxyl groups is 2.